The Balaban J connectivity index is 1.72. The van der Waals surface area contributed by atoms with E-state index in [1.54, 1.807) is 16.7 Å². The van der Waals surface area contributed by atoms with Gasteiger partial charge in [-0.05, 0) is 50.6 Å². The maximum Gasteiger partial charge on any atom is 0.252 e. The molecule has 0 unspecified atom stereocenters. The monoisotopic (exact) mass is 487 g/mol. The van der Waals surface area contributed by atoms with Crippen molar-refractivity contribution in [3.05, 3.63) is 93.4 Å². The highest BCUT2D eigenvalue weighted by molar-refractivity contribution is 6.30. The average molecular weight is 488 g/mol. The molecular formula is C27H26ClN5O2. The second-order valence-corrected chi connectivity index (χ2v) is 9.23. The molecule has 1 aliphatic rings. The van der Waals surface area contributed by atoms with Crippen molar-refractivity contribution in [1.29, 1.82) is 0 Å². The molecule has 5 rings (SSSR count). The van der Waals surface area contributed by atoms with Gasteiger partial charge in [0.2, 0.25) is 5.91 Å². The summed E-state index contributed by atoms with van der Waals surface area (Å²) in [7, 11) is 1.65. The van der Waals surface area contributed by atoms with E-state index in [0.717, 1.165) is 39.5 Å². The van der Waals surface area contributed by atoms with E-state index in [9.17, 15) is 4.79 Å². The summed E-state index contributed by atoms with van der Waals surface area (Å²) in [5, 5.41) is 5.51. The van der Waals surface area contributed by atoms with Crippen molar-refractivity contribution in [3.63, 3.8) is 0 Å². The Hall–Kier alpha value is -3.71. The van der Waals surface area contributed by atoms with Crippen molar-refractivity contribution in [2.45, 2.75) is 39.7 Å². The minimum atomic E-state index is -0.199. The van der Waals surface area contributed by atoms with Crippen LogP contribution in [0.1, 0.15) is 46.1 Å². The van der Waals surface area contributed by atoms with Crippen LogP contribution >= 0.6 is 11.6 Å². The molecule has 4 aromatic rings. The van der Waals surface area contributed by atoms with E-state index in [2.05, 4.69) is 9.97 Å². The van der Waals surface area contributed by atoms with E-state index < -0.39 is 0 Å². The van der Waals surface area contributed by atoms with Crippen LogP contribution in [0.4, 0.5) is 5.82 Å². The predicted molar refractivity (Wildman–Crippen MR) is 135 cm³/mol. The number of amides is 1. The number of halogens is 1. The van der Waals surface area contributed by atoms with Gasteiger partial charge in [0.1, 0.15) is 11.6 Å². The van der Waals surface area contributed by atoms with E-state index >= 15 is 0 Å². The van der Waals surface area contributed by atoms with Crippen LogP contribution in [0.2, 0.25) is 5.02 Å². The number of carbonyl (C=O) groups is 1. The van der Waals surface area contributed by atoms with Gasteiger partial charge >= 0.3 is 0 Å². The Kier molecular flexibility index (Phi) is 6.03. The Labute approximate surface area is 209 Å². The molecule has 178 valence electrons. The summed E-state index contributed by atoms with van der Waals surface area (Å²) in [6, 6.07) is 17.3. The number of carbonyl (C=O) groups excluding carboxylic acids is 1. The van der Waals surface area contributed by atoms with Gasteiger partial charge < -0.3 is 4.74 Å². The molecule has 2 aromatic heterocycles. The Morgan fingerprint density at radius 2 is 1.71 bits per heavy atom. The maximum atomic E-state index is 13.7. The zero-order chi connectivity index (χ0) is 24.7. The summed E-state index contributed by atoms with van der Waals surface area (Å²) in [6.45, 7) is 6.21. The third-order valence-electron chi connectivity index (χ3n) is 6.29. The number of hydrogen-bond donors (Lipinski definition) is 0. The second-order valence-electron chi connectivity index (χ2n) is 8.79. The largest absolute Gasteiger partial charge is 0.496 e. The first-order valence-electron chi connectivity index (χ1n) is 11.5. The number of rotatable bonds is 5. The molecule has 1 amide bonds. The first-order valence-corrected chi connectivity index (χ1v) is 11.8. The summed E-state index contributed by atoms with van der Waals surface area (Å²) < 4.78 is 7.36. The number of benzene rings is 2. The molecule has 0 aliphatic carbocycles. The molecule has 0 spiro atoms. The molecule has 7 nitrogen and oxygen atoms in total. The number of nitrogens with zero attached hydrogens (tertiary/aromatic N) is 5. The van der Waals surface area contributed by atoms with Gasteiger partial charge in [-0.15, -0.1) is 0 Å². The summed E-state index contributed by atoms with van der Waals surface area (Å²) in [6.07, 6.45) is 0.307. The van der Waals surface area contributed by atoms with Gasteiger partial charge in [-0.2, -0.15) is 9.78 Å². The van der Waals surface area contributed by atoms with Gasteiger partial charge in [-0.1, -0.05) is 41.9 Å². The fourth-order valence-electron chi connectivity index (χ4n) is 4.80. The SMILES string of the molecule is COc1ccccc1[C@@H]1CC(=O)N(Cc2ccc(Cl)cc2)c2c1c(C)nn2-c1nc(C)cc(C)n1. The van der Waals surface area contributed by atoms with Gasteiger partial charge in [0.25, 0.3) is 5.95 Å². The van der Waals surface area contributed by atoms with Crippen molar-refractivity contribution < 1.29 is 9.53 Å². The summed E-state index contributed by atoms with van der Waals surface area (Å²) >= 11 is 6.09. The number of methoxy groups -OCH3 is 1. The third-order valence-corrected chi connectivity index (χ3v) is 6.55. The Morgan fingerprint density at radius 1 is 1.03 bits per heavy atom. The quantitative estimate of drug-likeness (QED) is 0.381. The van der Waals surface area contributed by atoms with Crippen LogP contribution in [-0.2, 0) is 11.3 Å². The van der Waals surface area contributed by atoms with E-state index in [1.807, 2.05) is 75.4 Å². The zero-order valence-corrected chi connectivity index (χ0v) is 20.9. The van der Waals surface area contributed by atoms with Gasteiger partial charge in [-0.25, -0.2) is 9.97 Å². The van der Waals surface area contributed by atoms with Crippen molar-refractivity contribution in [1.82, 2.24) is 19.7 Å². The van der Waals surface area contributed by atoms with Gasteiger partial charge in [0.15, 0.2) is 0 Å². The molecule has 0 saturated carbocycles. The summed E-state index contributed by atoms with van der Waals surface area (Å²) in [4.78, 5) is 24.8. The number of fused-ring (bicyclic) bond motifs is 1. The average Bonchev–Trinajstić information content (AvgIpc) is 3.18. The molecule has 0 bridgehead atoms. The molecule has 1 atom stereocenters. The van der Waals surface area contributed by atoms with Crippen LogP contribution < -0.4 is 9.64 Å². The first kappa shape index (κ1) is 23.1. The topological polar surface area (TPSA) is 73.1 Å². The number of para-hydroxylation sites is 1. The lowest BCUT2D eigenvalue weighted by Crippen LogP contribution is -2.38. The van der Waals surface area contributed by atoms with Crippen LogP contribution in [0.3, 0.4) is 0 Å². The predicted octanol–water partition coefficient (Wildman–Crippen LogP) is 5.32. The van der Waals surface area contributed by atoms with Crippen molar-refractivity contribution in [2.24, 2.45) is 0 Å². The molecule has 2 aromatic carbocycles. The van der Waals surface area contributed by atoms with E-state index in [1.165, 1.54) is 0 Å². The lowest BCUT2D eigenvalue weighted by molar-refractivity contribution is -0.119. The molecule has 3 heterocycles. The van der Waals surface area contributed by atoms with Crippen molar-refractivity contribution in [2.75, 3.05) is 12.0 Å². The lowest BCUT2D eigenvalue weighted by atomic mass is 9.84. The Morgan fingerprint density at radius 3 is 2.40 bits per heavy atom. The van der Waals surface area contributed by atoms with Crippen LogP contribution in [0.25, 0.3) is 5.95 Å². The number of aryl methyl sites for hydroxylation is 3. The molecule has 35 heavy (non-hydrogen) atoms. The van der Waals surface area contributed by atoms with Gasteiger partial charge in [-0.3, -0.25) is 9.69 Å². The molecule has 0 N–H and O–H groups in total. The molecular weight excluding hydrogens is 462 g/mol. The van der Waals surface area contributed by atoms with Crippen molar-refractivity contribution in [3.8, 4) is 11.7 Å². The molecule has 8 heteroatoms. The molecule has 0 radical (unpaired) electrons. The molecule has 1 aliphatic heterocycles. The number of ether oxygens (including phenoxy) is 1. The standard InChI is InChI=1S/C27H26ClN5O2/c1-16-13-17(2)30-27(29-16)33-26-25(18(3)31-33)22(21-7-5-6-8-23(21)35-4)14-24(34)32(26)15-19-9-11-20(28)12-10-19/h5-13,22H,14-15H2,1-4H3/t22-/m0/s1. The highest BCUT2D eigenvalue weighted by Crippen LogP contribution is 2.45. The van der Waals surface area contributed by atoms with Gasteiger partial charge in [0.05, 0.1) is 19.3 Å². The summed E-state index contributed by atoms with van der Waals surface area (Å²) in [5.74, 6) is 1.68. The van der Waals surface area contributed by atoms with E-state index in [4.69, 9.17) is 21.4 Å². The minimum Gasteiger partial charge on any atom is -0.496 e. The number of aromatic nitrogens is 4. The fraction of sp³-hybridized carbons (Fsp3) is 0.259. The van der Waals surface area contributed by atoms with Crippen molar-refractivity contribution >= 4 is 23.3 Å². The van der Waals surface area contributed by atoms with Crippen LogP contribution in [-0.4, -0.2) is 32.8 Å². The molecule has 0 saturated heterocycles. The highest BCUT2D eigenvalue weighted by atomic mass is 35.5. The normalized spacial score (nSPS) is 15.3. The van der Waals surface area contributed by atoms with Crippen LogP contribution in [0, 0.1) is 20.8 Å². The summed E-state index contributed by atoms with van der Waals surface area (Å²) in [5.41, 5.74) is 5.40. The lowest BCUT2D eigenvalue weighted by Gasteiger charge is -2.33. The number of hydrogen-bond acceptors (Lipinski definition) is 5. The zero-order valence-electron chi connectivity index (χ0n) is 20.1. The van der Waals surface area contributed by atoms with E-state index in [-0.39, 0.29) is 11.8 Å². The fourth-order valence-corrected chi connectivity index (χ4v) is 4.92. The van der Waals surface area contributed by atoms with E-state index in [0.29, 0.717) is 29.8 Å². The molecule has 0 fully saturated rings. The second kappa shape index (κ2) is 9.15. The minimum absolute atomic E-state index is 0.00567. The third kappa shape index (κ3) is 4.28. The Bertz CT molecular complexity index is 1390. The van der Waals surface area contributed by atoms with Crippen LogP contribution in [0.5, 0.6) is 5.75 Å². The smallest absolute Gasteiger partial charge is 0.252 e. The highest BCUT2D eigenvalue weighted by Gasteiger charge is 2.39. The maximum absolute atomic E-state index is 13.7. The van der Waals surface area contributed by atoms with Gasteiger partial charge in [0, 0.05) is 39.9 Å². The van der Waals surface area contributed by atoms with Crippen LogP contribution in [0.15, 0.2) is 54.6 Å². The number of anilines is 1. The first-order chi connectivity index (χ1) is 16.9.